The highest BCUT2D eigenvalue weighted by Crippen LogP contribution is 2.05. The summed E-state index contributed by atoms with van der Waals surface area (Å²) < 4.78 is 5.41. The minimum absolute atomic E-state index is 0. The number of nitrogens with two attached hydrogens (primary N) is 1. The van der Waals surface area contributed by atoms with E-state index >= 15 is 0 Å². The lowest BCUT2D eigenvalue weighted by molar-refractivity contribution is 0.0446. The number of hydrogen-bond donors (Lipinski definition) is 3. The maximum absolute atomic E-state index is 8.84. The van der Waals surface area contributed by atoms with Crippen LogP contribution in [0.2, 0.25) is 0 Å². The summed E-state index contributed by atoms with van der Waals surface area (Å²) in [7, 11) is -1.55. The fourth-order valence-corrected chi connectivity index (χ4v) is 1.16. The zero-order valence-corrected chi connectivity index (χ0v) is 9.93. The SMILES string of the molecule is CC(OCc1ccccc1)C(N)B(O)O.Cl. The van der Waals surface area contributed by atoms with Gasteiger partial charge in [-0.15, -0.1) is 12.4 Å². The van der Waals surface area contributed by atoms with Gasteiger partial charge in [0.1, 0.15) is 0 Å². The molecule has 0 amide bonds. The van der Waals surface area contributed by atoms with Crippen molar-refractivity contribution in [1.29, 1.82) is 0 Å². The molecule has 0 bridgehead atoms. The Bertz CT molecular complexity index is 287. The van der Waals surface area contributed by atoms with Crippen LogP contribution in [0.1, 0.15) is 12.5 Å². The Morgan fingerprint density at radius 1 is 1.31 bits per heavy atom. The van der Waals surface area contributed by atoms with Crippen LogP contribution in [0.5, 0.6) is 0 Å². The minimum Gasteiger partial charge on any atom is -0.426 e. The molecule has 0 fully saturated rings. The van der Waals surface area contributed by atoms with E-state index in [2.05, 4.69) is 0 Å². The van der Waals surface area contributed by atoms with E-state index in [-0.39, 0.29) is 12.4 Å². The highest BCUT2D eigenvalue weighted by molar-refractivity contribution is 6.43. The Labute approximate surface area is 102 Å². The van der Waals surface area contributed by atoms with Crippen LogP contribution >= 0.6 is 12.4 Å². The summed E-state index contributed by atoms with van der Waals surface area (Å²) in [6, 6.07) is 9.64. The molecule has 2 unspecified atom stereocenters. The standard InChI is InChI=1S/C10H16BNO3.ClH/c1-8(10(12)11(13)14)15-7-9-5-3-2-4-6-9;/h2-6,8,10,13-14H,7,12H2,1H3;1H. The van der Waals surface area contributed by atoms with E-state index in [1.807, 2.05) is 30.3 Å². The van der Waals surface area contributed by atoms with Crippen LogP contribution in [-0.2, 0) is 11.3 Å². The number of ether oxygens (including phenoxy) is 1. The number of halogens is 1. The molecule has 0 heterocycles. The van der Waals surface area contributed by atoms with E-state index in [1.165, 1.54) is 0 Å². The summed E-state index contributed by atoms with van der Waals surface area (Å²) in [4.78, 5) is 0. The van der Waals surface area contributed by atoms with Crippen molar-refractivity contribution in [3.05, 3.63) is 35.9 Å². The van der Waals surface area contributed by atoms with Crippen molar-refractivity contribution < 1.29 is 14.8 Å². The normalized spacial score (nSPS) is 13.8. The second-order valence-corrected chi connectivity index (χ2v) is 3.49. The molecular weight excluding hydrogens is 228 g/mol. The topological polar surface area (TPSA) is 75.7 Å². The van der Waals surface area contributed by atoms with Crippen LogP contribution in [0, 0.1) is 0 Å². The molecule has 4 N–H and O–H groups in total. The number of benzene rings is 1. The van der Waals surface area contributed by atoms with Crippen molar-refractivity contribution in [2.75, 3.05) is 0 Å². The molecule has 0 aromatic heterocycles. The van der Waals surface area contributed by atoms with Crippen molar-refractivity contribution in [3.8, 4) is 0 Å². The van der Waals surface area contributed by atoms with Gasteiger partial charge in [-0.1, -0.05) is 30.3 Å². The third-order valence-electron chi connectivity index (χ3n) is 2.24. The molecule has 90 valence electrons. The average Bonchev–Trinajstić information content (AvgIpc) is 2.26. The molecule has 0 radical (unpaired) electrons. The molecule has 0 saturated carbocycles. The predicted octanol–water partition coefficient (Wildman–Crippen LogP) is 0.353. The van der Waals surface area contributed by atoms with Crippen LogP contribution in [0.15, 0.2) is 30.3 Å². The van der Waals surface area contributed by atoms with E-state index in [0.717, 1.165) is 5.56 Å². The van der Waals surface area contributed by atoms with Gasteiger partial charge in [0, 0.05) is 0 Å². The minimum atomic E-state index is -1.55. The predicted molar refractivity (Wildman–Crippen MR) is 66.1 cm³/mol. The van der Waals surface area contributed by atoms with Gasteiger partial charge in [0.05, 0.1) is 18.7 Å². The van der Waals surface area contributed by atoms with Gasteiger partial charge in [0.2, 0.25) is 0 Å². The van der Waals surface area contributed by atoms with Crippen LogP contribution in [-0.4, -0.2) is 29.2 Å². The molecule has 2 atom stereocenters. The number of rotatable bonds is 5. The molecule has 0 aliphatic heterocycles. The van der Waals surface area contributed by atoms with Crippen molar-refractivity contribution >= 4 is 19.5 Å². The zero-order valence-electron chi connectivity index (χ0n) is 9.11. The first kappa shape index (κ1) is 15.4. The molecule has 0 aliphatic carbocycles. The van der Waals surface area contributed by atoms with Crippen molar-refractivity contribution in [1.82, 2.24) is 0 Å². The van der Waals surface area contributed by atoms with E-state index in [9.17, 15) is 0 Å². The lowest BCUT2D eigenvalue weighted by Gasteiger charge is -2.19. The van der Waals surface area contributed by atoms with Gasteiger partial charge < -0.3 is 20.5 Å². The van der Waals surface area contributed by atoms with E-state index in [0.29, 0.717) is 6.61 Å². The van der Waals surface area contributed by atoms with E-state index < -0.39 is 19.2 Å². The quantitative estimate of drug-likeness (QED) is 0.655. The Morgan fingerprint density at radius 3 is 2.38 bits per heavy atom. The van der Waals surface area contributed by atoms with Gasteiger partial charge in [0.25, 0.3) is 0 Å². The van der Waals surface area contributed by atoms with Crippen molar-refractivity contribution in [2.24, 2.45) is 5.73 Å². The molecule has 0 aliphatic rings. The maximum Gasteiger partial charge on any atom is 0.472 e. The first-order valence-electron chi connectivity index (χ1n) is 4.88. The van der Waals surface area contributed by atoms with Gasteiger partial charge in [-0.25, -0.2) is 0 Å². The summed E-state index contributed by atoms with van der Waals surface area (Å²) in [6.07, 6.45) is -0.398. The highest BCUT2D eigenvalue weighted by atomic mass is 35.5. The first-order valence-corrected chi connectivity index (χ1v) is 4.88. The summed E-state index contributed by atoms with van der Waals surface area (Å²) in [6.45, 7) is 2.13. The van der Waals surface area contributed by atoms with Gasteiger partial charge in [-0.2, -0.15) is 0 Å². The molecule has 0 saturated heterocycles. The highest BCUT2D eigenvalue weighted by Gasteiger charge is 2.25. The third-order valence-corrected chi connectivity index (χ3v) is 2.24. The summed E-state index contributed by atoms with van der Waals surface area (Å²) in [5.41, 5.74) is 6.53. The van der Waals surface area contributed by atoms with Crippen molar-refractivity contribution in [2.45, 2.75) is 25.6 Å². The molecule has 1 aromatic carbocycles. The Hall–Kier alpha value is -0.585. The van der Waals surface area contributed by atoms with Gasteiger partial charge in [0.15, 0.2) is 0 Å². The third kappa shape index (κ3) is 4.96. The molecule has 1 rings (SSSR count). The monoisotopic (exact) mass is 245 g/mol. The van der Waals surface area contributed by atoms with E-state index in [1.54, 1.807) is 6.92 Å². The van der Waals surface area contributed by atoms with Crippen LogP contribution < -0.4 is 5.73 Å². The molecular formula is C10H17BClNO3. The van der Waals surface area contributed by atoms with Gasteiger partial charge >= 0.3 is 7.12 Å². The molecule has 16 heavy (non-hydrogen) atoms. The first-order chi connectivity index (χ1) is 7.11. The molecule has 1 aromatic rings. The van der Waals surface area contributed by atoms with Gasteiger partial charge in [-0.3, -0.25) is 0 Å². The summed E-state index contributed by atoms with van der Waals surface area (Å²) in [5.74, 6) is -0.784. The lowest BCUT2D eigenvalue weighted by atomic mass is 9.77. The average molecular weight is 246 g/mol. The summed E-state index contributed by atoms with van der Waals surface area (Å²) in [5, 5.41) is 17.7. The molecule has 4 nitrogen and oxygen atoms in total. The smallest absolute Gasteiger partial charge is 0.426 e. The zero-order chi connectivity index (χ0) is 11.3. The van der Waals surface area contributed by atoms with Crippen LogP contribution in [0.3, 0.4) is 0 Å². The van der Waals surface area contributed by atoms with Gasteiger partial charge in [-0.05, 0) is 12.5 Å². The van der Waals surface area contributed by atoms with Crippen LogP contribution in [0.25, 0.3) is 0 Å². The Balaban J connectivity index is 0.00000225. The molecule has 0 spiro atoms. The van der Waals surface area contributed by atoms with Crippen LogP contribution in [0.4, 0.5) is 0 Å². The fourth-order valence-electron chi connectivity index (χ4n) is 1.16. The summed E-state index contributed by atoms with van der Waals surface area (Å²) >= 11 is 0. The molecule has 6 heteroatoms. The Morgan fingerprint density at radius 2 is 1.88 bits per heavy atom. The fraction of sp³-hybridized carbons (Fsp3) is 0.400. The largest absolute Gasteiger partial charge is 0.472 e. The Kier molecular flexibility index (Phi) is 7.37. The lowest BCUT2D eigenvalue weighted by Crippen LogP contribution is -2.47. The second kappa shape index (κ2) is 7.65. The number of hydrogen-bond acceptors (Lipinski definition) is 4. The van der Waals surface area contributed by atoms with Crippen molar-refractivity contribution in [3.63, 3.8) is 0 Å². The second-order valence-electron chi connectivity index (χ2n) is 3.49. The maximum atomic E-state index is 8.84. The van der Waals surface area contributed by atoms with E-state index in [4.69, 9.17) is 20.5 Å².